The predicted molar refractivity (Wildman–Crippen MR) is 114 cm³/mol. The predicted octanol–water partition coefficient (Wildman–Crippen LogP) is 5.49. The van der Waals surface area contributed by atoms with Gasteiger partial charge in [0.15, 0.2) is 17.0 Å². The fraction of sp³-hybridized carbons (Fsp3) is 0.143. The van der Waals surface area contributed by atoms with E-state index >= 15 is 0 Å². The Balaban J connectivity index is 1.76. The molecule has 4 rings (SSSR count). The van der Waals surface area contributed by atoms with Gasteiger partial charge in [0.25, 0.3) is 0 Å². The average Bonchev–Trinajstić information content (AvgIpc) is 2.66. The standard InChI is InChI=1S/C21H19ClN6/c1-12-4-6-17(13(2)10-12)26-21-27-19-18(23-8-9-24-19)20(28-21)25-16-7-5-15(22)11-14(16)3/h4-11H,1-3H3,(H2,24,25,26,27,28). The molecule has 0 amide bonds. The summed E-state index contributed by atoms with van der Waals surface area (Å²) in [6, 6.07) is 11.8. The maximum Gasteiger partial charge on any atom is 0.231 e. The summed E-state index contributed by atoms with van der Waals surface area (Å²) in [6.45, 7) is 6.10. The first-order valence-electron chi connectivity index (χ1n) is 8.86. The molecule has 0 unspecified atom stereocenters. The SMILES string of the molecule is Cc1ccc(Nc2nc(Nc3ccc(Cl)cc3C)c3nccnc3n2)c(C)c1. The van der Waals surface area contributed by atoms with Crippen LogP contribution in [0.1, 0.15) is 16.7 Å². The highest BCUT2D eigenvalue weighted by molar-refractivity contribution is 6.30. The Morgan fingerprint density at radius 2 is 1.50 bits per heavy atom. The van der Waals surface area contributed by atoms with Gasteiger partial charge in [0.2, 0.25) is 5.95 Å². The molecule has 0 spiro atoms. The molecule has 0 bridgehead atoms. The van der Waals surface area contributed by atoms with Gasteiger partial charge in [-0.25, -0.2) is 9.97 Å². The monoisotopic (exact) mass is 390 g/mol. The van der Waals surface area contributed by atoms with Crippen LogP contribution in [0, 0.1) is 20.8 Å². The van der Waals surface area contributed by atoms with Crippen molar-refractivity contribution in [3.8, 4) is 0 Å². The molecule has 6 nitrogen and oxygen atoms in total. The van der Waals surface area contributed by atoms with E-state index in [1.807, 2.05) is 44.2 Å². The lowest BCUT2D eigenvalue weighted by molar-refractivity contribution is 1.14. The molecule has 0 saturated heterocycles. The summed E-state index contributed by atoms with van der Waals surface area (Å²) in [7, 11) is 0. The maximum atomic E-state index is 6.07. The third-order valence-electron chi connectivity index (χ3n) is 4.40. The molecule has 0 saturated carbocycles. The number of hydrogen-bond acceptors (Lipinski definition) is 6. The van der Waals surface area contributed by atoms with E-state index in [1.165, 1.54) is 5.56 Å². The van der Waals surface area contributed by atoms with Crippen LogP contribution in [0.5, 0.6) is 0 Å². The van der Waals surface area contributed by atoms with Gasteiger partial charge in [0, 0.05) is 28.8 Å². The van der Waals surface area contributed by atoms with Gasteiger partial charge in [0.1, 0.15) is 0 Å². The van der Waals surface area contributed by atoms with Crippen molar-refractivity contribution in [2.24, 2.45) is 0 Å². The summed E-state index contributed by atoms with van der Waals surface area (Å²) in [5, 5.41) is 7.32. The maximum absolute atomic E-state index is 6.07. The van der Waals surface area contributed by atoms with E-state index in [9.17, 15) is 0 Å². The number of aromatic nitrogens is 4. The minimum Gasteiger partial charge on any atom is -0.338 e. The molecule has 0 radical (unpaired) electrons. The largest absolute Gasteiger partial charge is 0.338 e. The molecule has 0 atom stereocenters. The van der Waals surface area contributed by atoms with Crippen molar-refractivity contribution in [3.63, 3.8) is 0 Å². The summed E-state index contributed by atoms with van der Waals surface area (Å²) >= 11 is 6.07. The van der Waals surface area contributed by atoms with E-state index in [2.05, 4.69) is 43.6 Å². The minimum atomic E-state index is 0.453. The van der Waals surface area contributed by atoms with Gasteiger partial charge in [-0.05, 0) is 56.2 Å². The number of halogens is 1. The summed E-state index contributed by atoms with van der Waals surface area (Å²) in [5.41, 5.74) is 6.28. The van der Waals surface area contributed by atoms with Crippen LogP contribution in [0.2, 0.25) is 5.02 Å². The zero-order chi connectivity index (χ0) is 19.7. The van der Waals surface area contributed by atoms with Crippen LogP contribution in [-0.2, 0) is 0 Å². The second kappa shape index (κ2) is 7.40. The van der Waals surface area contributed by atoms with Crippen LogP contribution in [0.4, 0.5) is 23.1 Å². The second-order valence-electron chi connectivity index (χ2n) is 6.65. The van der Waals surface area contributed by atoms with E-state index in [-0.39, 0.29) is 0 Å². The molecule has 0 aliphatic rings. The smallest absolute Gasteiger partial charge is 0.231 e. The van der Waals surface area contributed by atoms with E-state index in [4.69, 9.17) is 11.6 Å². The molecule has 2 aromatic carbocycles. The second-order valence-corrected chi connectivity index (χ2v) is 7.09. The van der Waals surface area contributed by atoms with Gasteiger partial charge in [-0.1, -0.05) is 29.3 Å². The highest BCUT2D eigenvalue weighted by Gasteiger charge is 2.12. The highest BCUT2D eigenvalue weighted by atomic mass is 35.5. The molecule has 7 heteroatoms. The van der Waals surface area contributed by atoms with E-state index < -0.39 is 0 Å². The minimum absolute atomic E-state index is 0.453. The zero-order valence-electron chi connectivity index (χ0n) is 15.8. The summed E-state index contributed by atoms with van der Waals surface area (Å²) < 4.78 is 0. The fourth-order valence-electron chi connectivity index (χ4n) is 2.98. The van der Waals surface area contributed by atoms with Crippen LogP contribution < -0.4 is 10.6 Å². The topological polar surface area (TPSA) is 75.6 Å². The lowest BCUT2D eigenvalue weighted by Crippen LogP contribution is -2.05. The first-order chi connectivity index (χ1) is 13.5. The molecule has 140 valence electrons. The number of rotatable bonds is 4. The Morgan fingerprint density at radius 1 is 0.786 bits per heavy atom. The Labute approximate surface area is 168 Å². The molecule has 2 heterocycles. The van der Waals surface area contributed by atoms with E-state index in [0.29, 0.717) is 28.0 Å². The molecule has 0 fully saturated rings. The number of nitrogens with one attached hydrogen (secondary N) is 2. The highest BCUT2D eigenvalue weighted by Crippen LogP contribution is 2.27. The van der Waals surface area contributed by atoms with Crippen molar-refractivity contribution in [1.29, 1.82) is 0 Å². The number of anilines is 4. The van der Waals surface area contributed by atoms with Crippen LogP contribution in [0.25, 0.3) is 11.2 Å². The Kier molecular flexibility index (Phi) is 4.79. The van der Waals surface area contributed by atoms with Crippen LogP contribution in [-0.4, -0.2) is 19.9 Å². The van der Waals surface area contributed by atoms with Crippen LogP contribution in [0.15, 0.2) is 48.8 Å². The van der Waals surface area contributed by atoms with Gasteiger partial charge in [-0.15, -0.1) is 0 Å². The van der Waals surface area contributed by atoms with Crippen molar-refractivity contribution in [2.45, 2.75) is 20.8 Å². The van der Waals surface area contributed by atoms with Crippen LogP contribution in [0.3, 0.4) is 0 Å². The van der Waals surface area contributed by atoms with Gasteiger partial charge in [-0.3, -0.25) is 0 Å². The molecule has 4 aromatic rings. The first kappa shape index (κ1) is 18.1. The molecular weight excluding hydrogens is 372 g/mol. The number of fused-ring (bicyclic) bond motifs is 1. The lowest BCUT2D eigenvalue weighted by Gasteiger charge is -2.13. The third kappa shape index (κ3) is 3.73. The molecule has 2 aromatic heterocycles. The number of benzene rings is 2. The normalized spacial score (nSPS) is 10.9. The molecular formula is C21H19ClN6. The number of hydrogen-bond donors (Lipinski definition) is 2. The van der Waals surface area contributed by atoms with Crippen molar-refractivity contribution in [1.82, 2.24) is 19.9 Å². The molecule has 2 N–H and O–H groups in total. The Bertz CT molecular complexity index is 1170. The quantitative estimate of drug-likeness (QED) is 0.480. The summed E-state index contributed by atoms with van der Waals surface area (Å²) in [6.07, 6.45) is 3.25. The number of nitrogens with zero attached hydrogens (tertiary/aromatic N) is 4. The van der Waals surface area contributed by atoms with Crippen molar-refractivity contribution in [3.05, 3.63) is 70.5 Å². The van der Waals surface area contributed by atoms with Gasteiger partial charge in [0.05, 0.1) is 0 Å². The van der Waals surface area contributed by atoms with Crippen molar-refractivity contribution in [2.75, 3.05) is 10.6 Å². The Morgan fingerprint density at radius 3 is 2.29 bits per heavy atom. The van der Waals surface area contributed by atoms with Crippen molar-refractivity contribution >= 4 is 45.9 Å². The van der Waals surface area contributed by atoms with Crippen molar-refractivity contribution < 1.29 is 0 Å². The van der Waals surface area contributed by atoms with E-state index in [1.54, 1.807) is 12.4 Å². The average molecular weight is 391 g/mol. The first-order valence-corrected chi connectivity index (χ1v) is 9.23. The Hall–Kier alpha value is -3.25. The van der Waals surface area contributed by atoms with Gasteiger partial charge >= 0.3 is 0 Å². The lowest BCUT2D eigenvalue weighted by atomic mass is 10.1. The van der Waals surface area contributed by atoms with Gasteiger partial charge in [-0.2, -0.15) is 9.97 Å². The fourth-order valence-corrected chi connectivity index (χ4v) is 3.20. The molecule has 0 aliphatic heterocycles. The van der Waals surface area contributed by atoms with Gasteiger partial charge < -0.3 is 10.6 Å². The summed E-state index contributed by atoms with van der Waals surface area (Å²) in [4.78, 5) is 17.9. The number of aryl methyl sites for hydroxylation is 3. The molecule has 28 heavy (non-hydrogen) atoms. The summed E-state index contributed by atoms with van der Waals surface area (Å²) in [5.74, 6) is 1.03. The molecule has 0 aliphatic carbocycles. The van der Waals surface area contributed by atoms with Crippen LogP contribution >= 0.6 is 11.6 Å². The third-order valence-corrected chi connectivity index (χ3v) is 4.64. The van der Waals surface area contributed by atoms with E-state index in [0.717, 1.165) is 22.5 Å². The zero-order valence-corrected chi connectivity index (χ0v) is 16.5.